The van der Waals surface area contributed by atoms with Crippen LogP contribution in [-0.4, -0.2) is 32.7 Å². The van der Waals surface area contributed by atoms with Crippen molar-refractivity contribution in [2.45, 2.75) is 19.3 Å². The van der Waals surface area contributed by atoms with Crippen LogP contribution in [0.3, 0.4) is 0 Å². The second-order valence-corrected chi connectivity index (χ2v) is 6.59. The molecular formula is C8H12NO2S2+. The summed E-state index contributed by atoms with van der Waals surface area (Å²) in [5.74, 6) is 2.32. The number of hydrogen-bond acceptors (Lipinski definition) is 3. The minimum atomic E-state index is -0.0829. The molecule has 0 aromatic carbocycles. The molecule has 0 bridgehead atoms. The van der Waals surface area contributed by atoms with E-state index in [0.717, 1.165) is 17.3 Å². The Morgan fingerprint density at radius 3 is 2.46 bits per heavy atom. The second-order valence-electron chi connectivity index (χ2n) is 3.13. The molecule has 1 atom stereocenters. The van der Waals surface area contributed by atoms with E-state index in [1.807, 2.05) is 11.8 Å². The SMILES string of the molecule is O=C1CCC(=O)N1[S+]1CCCSC1. The van der Waals surface area contributed by atoms with E-state index in [1.165, 1.54) is 10.1 Å². The van der Waals surface area contributed by atoms with Crippen LogP contribution in [-0.2, 0) is 20.7 Å². The third-order valence-corrected chi connectivity index (χ3v) is 6.17. The van der Waals surface area contributed by atoms with Crippen LogP contribution in [0, 0.1) is 0 Å². The summed E-state index contributed by atoms with van der Waals surface area (Å²) in [7, 11) is 0. The summed E-state index contributed by atoms with van der Waals surface area (Å²) in [6, 6.07) is 0. The van der Waals surface area contributed by atoms with Crippen LogP contribution in [0.4, 0.5) is 0 Å². The summed E-state index contributed by atoms with van der Waals surface area (Å²) in [4.78, 5) is 22.8. The molecule has 1 unspecified atom stereocenters. The molecule has 2 heterocycles. The minimum absolute atomic E-state index is 0.0517. The lowest BCUT2D eigenvalue weighted by atomic mass is 10.4. The van der Waals surface area contributed by atoms with E-state index >= 15 is 0 Å². The average molecular weight is 218 g/mol. The molecule has 0 N–H and O–H groups in total. The van der Waals surface area contributed by atoms with Gasteiger partial charge in [0.2, 0.25) is 0 Å². The molecule has 2 amide bonds. The van der Waals surface area contributed by atoms with Gasteiger partial charge in [-0.3, -0.25) is 9.59 Å². The second kappa shape index (κ2) is 3.92. The van der Waals surface area contributed by atoms with E-state index in [-0.39, 0.29) is 22.9 Å². The third kappa shape index (κ3) is 1.86. The first-order chi connectivity index (χ1) is 6.29. The molecule has 2 aliphatic heterocycles. The van der Waals surface area contributed by atoms with Gasteiger partial charge in [0.05, 0.1) is 0 Å². The molecule has 2 fully saturated rings. The molecule has 0 radical (unpaired) electrons. The Morgan fingerprint density at radius 1 is 1.23 bits per heavy atom. The van der Waals surface area contributed by atoms with Gasteiger partial charge in [-0.05, 0) is 0 Å². The zero-order valence-electron chi connectivity index (χ0n) is 7.32. The maximum atomic E-state index is 11.4. The van der Waals surface area contributed by atoms with Gasteiger partial charge in [0, 0.05) is 25.0 Å². The summed E-state index contributed by atoms with van der Waals surface area (Å²) < 4.78 is 1.53. The van der Waals surface area contributed by atoms with Crippen LogP contribution >= 0.6 is 11.8 Å². The number of amides is 2. The largest absolute Gasteiger partial charge is 0.273 e. The van der Waals surface area contributed by atoms with Crippen molar-refractivity contribution >= 4 is 34.7 Å². The first-order valence-electron chi connectivity index (χ1n) is 4.40. The quantitative estimate of drug-likeness (QED) is 0.482. The lowest BCUT2D eigenvalue weighted by Crippen LogP contribution is -2.40. The molecule has 0 aromatic rings. The van der Waals surface area contributed by atoms with Crippen molar-refractivity contribution in [3.63, 3.8) is 0 Å². The van der Waals surface area contributed by atoms with E-state index in [9.17, 15) is 9.59 Å². The van der Waals surface area contributed by atoms with Crippen LogP contribution in [0.25, 0.3) is 0 Å². The van der Waals surface area contributed by atoms with Crippen molar-refractivity contribution in [3.05, 3.63) is 0 Å². The predicted molar refractivity (Wildman–Crippen MR) is 55.3 cm³/mol. The molecule has 72 valence electrons. The Bertz CT molecular complexity index is 222. The highest BCUT2D eigenvalue weighted by Crippen LogP contribution is 2.26. The molecule has 2 aliphatic rings. The number of thioether (sulfide) groups is 1. The highest BCUT2D eigenvalue weighted by molar-refractivity contribution is 8.14. The van der Waals surface area contributed by atoms with Crippen molar-refractivity contribution in [2.75, 3.05) is 16.6 Å². The summed E-state index contributed by atoms with van der Waals surface area (Å²) in [5, 5.41) is 0.970. The fourth-order valence-corrected chi connectivity index (χ4v) is 5.61. The molecule has 13 heavy (non-hydrogen) atoms. The standard InChI is InChI=1S/C8H12NO2S2/c10-7-2-3-8(11)9(7)13-5-1-4-12-6-13/h1-6H2/q+1. The summed E-state index contributed by atoms with van der Waals surface area (Å²) >= 11 is 1.78. The smallest absolute Gasteiger partial charge is 0.270 e. The number of rotatable bonds is 1. The summed E-state index contributed by atoms with van der Waals surface area (Å²) in [6.07, 6.45) is 2.02. The van der Waals surface area contributed by atoms with E-state index in [4.69, 9.17) is 0 Å². The topological polar surface area (TPSA) is 37.4 Å². The minimum Gasteiger partial charge on any atom is -0.270 e. The van der Waals surface area contributed by atoms with Gasteiger partial charge in [-0.1, -0.05) is 4.31 Å². The van der Waals surface area contributed by atoms with Gasteiger partial charge < -0.3 is 0 Å². The molecule has 0 spiro atoms. The first-order valence-corrected chi connectivity index (χ1v) is 7.07. The van der Waals surface area contributed by atoms with Gasteiger partial charge >= 0.3 is 0 Å². The average Bonchev–Trinajstić information content (AvgIpc) is 2.48. The number of carbonyl (C=O) groups is 2. The van der Waals surface area contributed by atoms with Gasteiger partial charge in [-0.25, -0.2) is 0 Å². The van der Waals surface area contributed by atoms with Crippen LogP contribution in [0.1, 0.15) is 19.3 Å². The Morgan fingerprint density at radius 2 is 1.92 bits per heavy atom. The fourth-order valence-electron chi connectivity index (χ4n) is 1.53. The van der Waals surface area contributed by atoms with Crippen molar-refractivity contribution in [3.8, 4) is 0 Å². The van der Waals surface area contributed by atoms with E-state index < -0.39 is 0 Å². The Hall–Kier alpha value is -0.160. The zero-order chi connectivity index (χ0) is 9.26. The molecule has 2 rings (SSSR count). The van der Waals surface area contributed by atoms with Crippen molar-refractivity contribution in [2.24, 2.45) is 0 Å². The Labute approximate surface area is 84.7 Å². The van der Waals surface area contributed by atoms with Crippen molar-refractivity contribution in [1.29, 1.82) is 0 Å². The monoisotopic (exact) mass is 218 g/mol. The van der Waals surface area contributed by atoms with Gasteiger partial charge in [0.15, 0.2) is 5.08 Å². The number of carbonyl (C=O) groups excluding carboxylic acids is 2. The highest BCUT2D eigenvalue weighted by Gasteiger charge is 2.43. The van der Waals surface area contributed by atoms with E-state index in [1.54, 1.807) is 0 Å². The fraction of sp³-hybridized carbons (Fsp3) is 0.750. The molecule has 2 saturated heterocycles. The number of imide groups is 1. The van der Waals surface area contributed by atoms with E-state index in [2.05, 4.69) is 0 Å². The molecular weight excluding hydrogens is 206 g/mol. The summed E-state index contributed by atoms with van der Waals surface area (Å²) in [5.41, 5.74) is 0. The maximum absolute atomic E-state index is 11.4. The highest BCUT2D eigenvalue weighted by atomic mass is 32.3. The summed E-state index contributed by atoms with van der Waals surface area (Å²) in [6.45, 7) is 0. The Balaban J connectivity index is 2.05. The maximum Gasteiger partial charge on any atom is 0.273 e. The van der Waals surface area contributed by atoms with Crippen molar-refractivity contribution in [1.82, 2.24) is 4.31 Å². The number of nitrogens with zero attached hydrogens (tertiary/aromatic N) is 1. The van der Waals surface area contributed by atoms with Crippen molar-refractivity contribution < 1.29 is 9.59 Å². The van der Waals surface area contributed by atoms with E-state index in [0.29, 0.717) is 12.8 Å². The van der Waals surface area contributed by atoms with Gasteiger partial charge in [-0.2, -0.15) is 0 Å². The first kappa shape index (κ1) is 9.40. The lowest BCUT2D eigenvalue weighted by Gasteiger charge is -2.18. The molecule has 0 aliphatic carbocycles. The molecule has 0 aromatic heterocycles. The van der Waals surface area contributed by atoms with Gasteiger partial charge in [-0.15, -0.1) is 11.8 Å². The van der Waals surface area contributed by atoms with Gasteiger partial charge in [0.1, 0.15) is 16.8 Å². The number of hydrogen-bond donors (Lipinski definition) is 0. The normalized spacial score (nSPS) is 29.8. The van der Waals surface area contributed by atoms with Crippen LogP contribution in [0.15, 0.2) is 0 Å². The third-order valence-electron chi connectivity index (χ3n) is 2.15. The van der Waals surface area contributed by atoms with Crippen LogP contribution in [0.2, 0.25) is 0 Å². The zero-order valence-corrected chi connectivity index (χ0v) is 8.96. The predicted octanol–water partition coefficient (Wildman–Crippen LogP) is 0.763. The molecule has 5 heteroatoms. The lowest BCUT2D eigenvalue weighted by molar-refractivity contribution is -0.132. The van der Waals surface area contributed by atoms with Crippen LogP contribution < -0.4 is 0 Å². The molecule has 0 saturated carbocycles. The van der Waals surface area contributed by atoms with Crippen LogP contribution in [0.5, 0.6) is 0 Å². The molecule has 3 nitrogen and oxygen atoms in total. The van der Waals surface area contributed by atoms with Gasteiger partial charge in [0.25, 0.3) is 11.8 Å². The Kier molecular flexibility index (Phi) is 2.83.